The molecule has 1 aliphatic rings. The molecular formula is C12H19N3S. The molecule has 0 saturated carbocycles. The first-order chi connectivity index (χ1) is 7.79. The van der Waals surface area contributed by atoms with Crippen molar-refractivity contribution in [1.29, 1.82) is 0 Å². The Balaban J connectivity index is 2.09. The van der Waals surface area contributed by atoms with E-state index in [2.05, 4.69) is 21.1 Å². The van der Waals surface area contributed by atoms with Crippen molar-refractivity contribution in [2.75, 3.05) is 24.2 Å². The zero-order valence-corrected chi connectivity index (χ0v) is 10.8. The number of hydrogen-bond acceptors (Lipinski definition) is 4. The molecule has 3 nitrogen and oxygen atoms in total. The highest BCUT2D eigenvalue weighted by atomic mass is 32.2. The fraction of sp³-hybridized carbons (Fsp3) is 0.667. The number of thioether (sulfide) groups is 1. The molecule has 88 valence electrons. The summed E-state index contributed by atoms with van der Waals surface area (Å²) in [7, 11) is 0. The Morgan fingerprint density at radius 3 is 2.75 bits per heavy atom. The van der Waals surface area contributed by atoms with Crippen molar-refractivity contribution in [2.24, 2.45) is 0 Å². The van der Waals surface area contributed by atoms with Gasteiger partial charge < -0.3 is 4.90 Å². The van der Waals surface area contributed by atoms with Gasteiger partial charge >= 0.3 is 0 Å². The van der Waals surface area contributed by atoms with Gasteiger partial charge in [0.1, 0.15) is 0 Å². The first-order valence-electron chi connectivity index (χ1n) is 5.86. The fourth-order valence-electron chi connectivity index (χ4n) is 2.03. The minimum atomic E-state index is 0.729. The summed E-state index contributed by atoms with van der Waals surface area (Å²) >= 11 is 1.96. The number of hydrogen-bond donors (Lipinski definition) is 0. The minimum absolute atomic E-state index is 0.729. The van der Waals surface area contributed by atoms with Gasteiger partial charge in [-0.2, -0.15) is 11.8 Å². The summed E-state index contributed by atoms with van der Waals surface area (Å²) in [5.41, 5.74) is 1.12. The fourth-order valence-corrected chi connectivity index (χ4v) is 2.76. The highest BCUT2D eigenvalue weighted by Crippen LogP contribution is 2.22. The van der Waals surface area contributed by atoms with Gasteiger partial charge in [0.05, 0.1) is 0 Å². The van der Waals surface area contributed by atoms with Crippen molar-refractivity contribution >= 4 is 17.7 Å². The van der Waals surface area contributed by atoms with E-state index in [9.17, 15) is 0 Å². The molecule has 0 aromatic carbocycles. The second kappa shape index (κ2) is 5.53. The average molecular weight is 237 g/mol. The van der Waals surface area contributed by atoms with E-state index in [1.54, 1.807) is 0 Å². The van der Waals surface area contributed by atoms with E-state index in [0.29, 0.717) is 0 Å². The lowest BCUT2D eigenvalue weighted by molar-refractivity contribution is 0.735. The zero-order chi connectivity index (χ0) is 11.4. The Labute approximate surface area is 102 Å². The first kappa shape index (κ1) is 11.7. The monoisotopic (exact) mass is 237 g/mol. The Bertz CT molecular complexity index is 326. The molecule has 0 N–H and O–H groups in total. The molecule has 1 atom stereocenters. The third kappa shape index (κ3) is 2.88. The van der Waals surface area contributed by atoms with Crippen molar-refractivity contribution in [1.82, 2.24) is 9.97 Å². The Kier molecular flexibility index (Phi) is 4.04. The molecule has 2 rings (SSSR count). The SMILES string of the molecule is CSC1CCCCN(c2ncc(C)cn2)C1. The van der Waals surface area contributed by atoms with Crippen LogP contribution in [-0.2, 0) is 0 Å². The van der Waals surface area contributed by atoms with Crippen molar-refractivity contribution in [3.8, 4) is 0 Å². The summed E-state index contributed by atoms with van der Waals surface area (Å²) < 4.78 is 0. The molecule has 1 aliphatic heterocycles. The predicted molar refractivity (Wildman–Crippen MR) is 70.1 cm³/mol. The van der Waals surface area contributed by atoms with Gasteiger partial charge in [-0.15, -0.1) is 0 Å². The maximum atomic E-state index is 4.42. The molecule has 0 aliphatic carbocycles. The van der Waals surface area contributed by atoms with Crippen LogP contribution in [0, 0.1) is 6.92 Å². The van der Waals surface area contributed by atoms with Crippen molar-refractivity contribution in [3.63, 3.8) is 0 Å². The van der Waals surface area contributed by atoms with Crippen molar-refractivity contribution in [3.05, 3.63) is 18.0 Å². The number of anilines is 1. The number of rotatable bonds is 2. The van der Waals surface area contributed by atoms with Gasteiger partial charge in [0, 0.05) is 30.7 Å². The molecule has 4 heteroatoms. The van der Waals surface area contributed by atoms with E-state index in [4.69, 9.17) is 0 Å². The van der Waals surface area contributed by atoms with E-state index < -0.39 is 0 Å². The summed E-state index contributed by atoms with van der Waals surface area (Å²) in [4.78, 5) is 11.2. The quantitative estimate of drug-likeness (QED) is 0.790. The predicted octanol–water partition coefficient (Wildman–Crippen LogP) is 2.51. The largest absolute Gasteiger partial charge is 0.340 e. The van der Waals surface area contributed by atoms with Crippen LogP contribution in [-0.4, -0.2) is 34.6 Å². The Hall–Kier alpha value is -0.770. The summed E-state index contributed by atoms with van der Waals surface area (Å²) in [6.45, 7) is 4.21. The molecule has 0 amide bonds. The molecule has 1 fully saturated rings. The van der Waals surface area contributed by atoms with Crippen LogP contribution in [0.15, 0.2) is 12.4 Å². The van der Waals surface area contributed by atoms with E-state index in [0.717, 1.165) is 29.9 Å². The topological polar surface area (TPSA) is 29.0 Å². The van der Waals surface area contributed by atoms with Gasteiger partial charge in [-0.3, -0.25) is 0 Å². The Morgan fingerprint density at radius 2 is 2.06 bits per heavy atom. The lowest BCUT2D eigenvalue weighted by Gasteiger charge is -2.23. The maximum Gasteiger partial charge on any atom is 0.225 e. The van der Waals surface area contributed by atoms with E-state index in [-0.39, 0.29) is 0 Å². The van der Waals surface area contributed by atoms with Gasteiger partial charge in [-0.25, -0.2) is 9.97 Å². The summed E-state index contributed by atoms with van der Waals surface area (Å²) in [5.74, 6) is 0.895. The second-order valence-electron chi connectivity index (χ2n) is 4.36. The zero-order valence-electron chi connectivity index (χ0n) is 10.0. The van der Waals surface area contributed by atoms with Gasteiger partial charge in [0.25, 0.3) is 0 Å². The van der Waals surface area contributed by atoms with E-state index >= 15 is 0 Å². The van der Waals surface area contributed by atoms with Crippen LogP contribution >= 0.6 is 11.8 Å². The third-order valence-corrected chi connectivity index (χ3v) is 4.06. The van der Waals surface area contributed by atoms with Crippen LogP contribution in [0.25, 0.3) is 0 Å². The first-order valence-corrected chi connectivity index (χ1v) is 7.15. The van der Waals surface area contributed by atoms with E-state index in [1.165, 1.54) is 19.3 Å². The van der Waals surface area contributed by atoms with Crippen LogP contribution < -0.4 is 4.90 Å². The summed E-state index contributed by atoms with van der Waals surface area (Å²) in [5, 5.41) is 0.729. The second-order valence-corrected chi connectivity index (χ2v) is 5.50. The Morgan fingerprint density at radius 1 is 1.31 bits per heavy atom. The van der Waals surface area contributed by atoms with Crippen LogP contribution in [0.2, 0.25) is 0 Å². The molecule has 1 unspecified atom stereocenters. The molecule has 2 heterocycles. The maximum absolute atomic E-state index is 4.42. The van der Waals surface area contributed by atoms with Gasteiger partial charge in [0.15, 0.2) is 0 Å². The molecule has 0 spiro atoms. The summed E-state index contributed by atoms with van der Waals surface area (Å²) in [6, 6.07) is 0. The summed E-state index contributed by atoms with van der Waals surface area (Å²) in [6.07, 6.45) is 9.92. The highest BCUT2D eigenvalue weighted by molar-refractivity contribution is 7.99. The third-order valence-electron chi connectivity index (χ3n) is 3.01. The van der Waals surface area contributed by atoms with Gasteiger partial charge in [-0.1, -0.05) is 6.42 Å². The molecule has 1 aromatic rings. The standard InChI is InChI=1S/C12H19N3S/c1-10-7-13-12(14-8-10)15-6-4-3-5-11(9-15)16-2/h7-8,11H,3-6,9H2,1-2H3. The van der Waals surface area contributed by atoms with E-state index in [1.807, 2.05) is 31.1 Å². The highest BCUT2D eigenvalue weighted by Gasteiger charge is 2.18. The molecule has 1 saturated heterocycles. The van der Waals surface area contributed by atoms with Crippen LogP contribution in [0.4, 0.5) is 5.95 Å². The number of aromatic nitrogens is 2. The molecular weight excluding hydrogens is 218 g/mol. The molecule has 0 radical (unpaired) electrons. The average Bonchev–Trinajstić information content (AvgIpc) is 2.55. The number of aryl methyl sites for hydroxylation is 1. The van der Waals surface area contributed by atoms with Crippen LogP contribution in [0.5, 0.6) is 0 Å². The molecule has 16 heavy (non-hydrogen) atoms. The number of nitrogens with zero attached hydrogens (tertiary/aromatic N) is 3. The lowest BCUT2D eigenvalue weighted by atomic mass is 10.2. The smallest absolute Gasteiger partial charge is 0.225 e. The normalized spacial score (nSPS) is 21.9. The van der Waals surface area contributed by atoms with Gasteiger partial charge in [0.2, 0.25) is 5.95 Å². The van der Waals surface area contributed by atoms with Crippen LogP contribution in [0.3, 0.4) is 0 Å². The minimum Gasteiger partial charge on any atom is -0.340 e. The lowest BCUT2D eigenvalue weighted by Crippen LogP contribution is -2.30. The van der Waals surface area contributed by atoms with Crippen molar-refractivity contribution < 1.29 is 0 Å². The van der Waals surface area contributed by atoms with Crippen molar-refractivity contribution in [2.45, 2.75) is 31.4 Å². The van der Waals surface area contributed by atoms with Gasteiger partial charge in [-0.05, 0) is 31.6 Å². The van der Waals surface area contributed by atoms with Crippen LogP contribution in [0.1, 0.15) is 24.8 Å². The molecule has 1 aromatic heterocycles. The molecule has 0 bridgehead atoms.